The van der Waals surface area contributed by atoms with Gasteiger partial charge >= 0.3 is 0 Å². The molecule has 1 aliphatic rings. The van der Waals surface area contributed by atoms with Crippen LogP contribution in [0.4, 0.5) is 5.69 Å². The Kier molecular flexibility index (Phi) is 6.08. The fourth-order valence-corrected chi connectivity index (χ4v) is 3.52. The Bertz CT molecular complexity index is 825. The summed E-state index contributed by atoms with van der Waals surface area (Å²) in [6.45, 7) is 3.00. The zero-order valence-corrected chi connectivity index (χ0v) is 15.6. The Hall–Kier alpha value is -2.44. The minimum atomic E-state index is -1.55. The van der Waals surface area contributed by atoms with Gasteiger partial charge in [-0.15, -0.1) is 0 Å². The summed E-state index contributed by atoms with van der Waals surface area (Å²) in [4.78, 5) is 26.7. The molecule has 0 atom stereocenters. The Morgan fingerprint density at radius 2 is 1.74 bits per heavy atom. The van der Waals surface area contributed by atoms with E-state index < -0.39 is 6.29 Å². The lowest BCUT2D eigenvalue weighted by Crippen LogP contribution is -2.41. The van der Waals surface area contributed by atoms with Crippen LogP contribution >= 0.6 is 0 Å². The summed E-state index contributed by atoms with van der Waals surface area (Å²) in [5.74, 6) is -0.780. The van der Waals surface area contributed by atoms with E-state index in [1.54, 1.807) is 12.1 Å². The highest BCUT2D eigenvalue weighted by Crippen LogP contribution is 2.34. The third-order valence-corrected chi connectivity index (χ3v) is 4.95. The van der Waals surface area contributed by atoms with Crippen LogP contribution in [0.2, 0.25) is 0 Å². The SMILES string of the molecule is CCCCCCNc1ccc2c3c(cccc13)C(=O)N(CCC(O)O)C2=O. The number of imide groups is 1. The molecule has 2 aromatic rings. The van der Waals surface area contributed by atoms with Gasteiger partial charge in [0.15, 0.2) is 6.29 Å². The van der Waals surface area contributed by atoms with Crippen molar-refractivity contribution in [3.05, 3.63) is 41.5 Å². The van der Waals surface area contributed by atoms with Gasteiger partial charge in [-0.3, -0.25) is 14.5 Å². The molecule has 0 spiro atoms. The molecule has 144 valence electrons. The number of anilines is 1. The van der Waals surface area contributed by atoms with Crippen molar-refractivity contribution in [3.63, 3.8) is 0 Å². The molecule has 2 aromatic carbocycles. The van der Waals surface area contributed by atoms with Gasteiger partial charge < -0.3 is 15.5 Å². The Morgan fingerprint density at radius 3 is 2.44 bits per heavy atom. The zero-order valence-electron chi connectivity index (χ0n) is 15.6. The van der Waals surface area contributed by atoms with Gasteiger partial charge in [0.2, 0.25) is 0 Å². The summed E-state index contributed by atoms with van der Waals surface area (Å²) in [6, 6.07) is 9.08. The van der Waals surface area contributed by atoms with Crippen molar-refractivity contribution in [1.82, 2.24) is 4.90 Å². The number of hydrogen-bond donors (Lipinski definition) is 3. The van der Waals surface area contributed by atoms with Gasteiger partial charge in [-0.05, 0) is 24.6 Å². The van der Waals surface area contributed by atoms with Crippen molar-refractivity contribution in [3.8, 4) is 0 Å². The van der Waals surface area contributed by atoms with E-state index in [1.807, 2.05) is 18.2 Å². The number of amides is 2. The molecular formula is C21H26N2O4. The molecule has 0 unspecified atom stereocenters. The number of aliphatic hydroxyl groups is 2. The Labute approximate surface area is 158 Å². The van der Waals surface area contributed by atoms with E-state index in [4.69, 9.17) is 10.2 Å². The predicted octanol–water partition coefficient (Wildman–Crippen LogP) is 3.13. The van der Waals surface area contributed by atoms with Crippen molar-refractivity contribution in [2.24, 2.45) is 0 Å². The van der Waals surface area contributed by atoms with Gasteiger partial charge in [-0.25, -0.2) is 0 Å². The first kappa shape index (κ1) is 19.3. The summed E-state index contributed by atoms with van der Waals surface area (Å²) >= 11 is 0. The van der Waals surface area contributed by atoms with E-state index in [0.717, 1.165) is 28.9 Å². The summed E-state index contributed by atoms with van der Waals surface area (Å²) in [6.07, 6.45) is 3.03. The van der Waals surface area contributed by atoms with Gasteiger partial charge in [0.25, 0.3) is 11.8 Å². The monoisotopic (exact) mass is 370 g/mol. The molecule has 0 fully saturated rings. The first-order valence-electron chi connectivity index (χ1n) is 9.56. The summed E-state index contributed by atoms with van der Waals surface area (Å²) < 4.78 is 0. The minimum absolute atomic E-state index is 0.0252. The quantitative estimate of drug-likeness (QED) is 0.358. The highest BCUT2D eigenvalue weighted by Gasteiger charge is 2.33. The Balaban J connectivity index is 1.90. The molecule has 2 amide bonds. The second-order valence-corrected chi connectivity index (χ2v) is 6.91. The third-order valence-electron chi connectivity index (χ3n) is 4.95. The van der Waals surface area contributed by atoms with Crippen LogP contribution in [0.5, 0.6) is 0 Å². The second-order valence-electron chi connectivity index (χ2n) is 6.91. The molecule has 0 saturated carbocycles. The summed E-state index contributed by atoms with van der Waals surface area (Å²) in [5.41, 5.74) is 1.88. The molecule has 3 N–H and O–H groups in total. The molecule has 6 heteroatoms. The van der Waals surface area contributed by atoms with Crippen LogP contribution in [0.1, 0.15) is 59.7 Å². The molecule has 0 aromatic heterocycles. The lowest BCUT2D eigenvalue weighted by atomic mass is 9.93. The first-order chi connectivity index (χ1) is 13.0. The van der Waals surface area contributed by atoms with Crippen molar-refractivity contribution < 1.29 is 19.8 Å². The van der Waals surface area contributed by atoms with Crippen LogP contribution in [0, 0.1) is 0 Å². The number of nitrogens with one attached hydrogen (secondary N) is 1. The van der Waals surface area contributed by atoms with Crippen molar-refractivity contribution in [2.75, 3.05) is 18.4 Å². The standard InChI is InChI=1S/C21H26N2O4/c1-2-3-4-5-12-22-17-10-9-16-19-14(17)7-6-8-15(19)20(26)23(21(16)27)13-11-18(24)25/h6-10,18,22,24-25H,2-5,11-13H2,1H3. The molecule has 1 heterocycles. The highest BCUT2D eigenvalue weighted by atomic mass is 16.5. The van der Waals surface area contributed by atoms with Crippen LogP contribution in [0.15, 0.2) is 30.3 Å². The molecule has 0 radical (unpaired) electrons. The summed E-state index contributed by atoms with van der Waals surface area (Å²) in [5, 5.41) is 23.1. The molecule has 3 rings (SSSR count). The number of carbonyl (C=O) groups excluding carboxylic acids is 2. The number of benzene rings is 2. The first-order valence-corrected chi connectivity index (χ1v) is 9.56. The number of nitrogens with zero attached hydrogens (tertiary/aromatic N) is 1. The van der Waals surface area contributed by atoms with E-state index >= 15 is 0 Å². The molecule has 0 aliphatic carbocycles. The number of unbranched alkanes of at least 4 members (excludes halogenated alkanes) is 3. The zero-order chi connectivity index (χ0) is 19.4. The van der Waals surface area contributed by atoms with Gasteiger partial charge in [-0.1, -0.05) is 38.3 Å². The number of rotatable bonds is 9. The van der Waals surface area contributed by atoms with E-state index in [-0.39, 0.29) is 24.8 Å². The average molecular weight is 370 g/mol. The van der Waals surface area contributed by atoms with Crippen LogP contribution in [-0.2, 0) is 0 Å². The molecule has 6 nitrogen and oxygen atoms in total. The van der Waals surface area contributed by atoms with Gasteiger partial charge in [0.1, 0.15) is 0 Å². The topological polar surface area (TPSA) is 89.9 Å². The van der Waals surface area contributed by atoms with E-state index in [0.29, 0.717) is 16.5 Å². The van der Waals surface area contributed by atoms with Gasteiger partial charge in [0, 0.05) is 47.1 Å². The molecule has 1 aliphatic heterocycles. The summed E-state index contributed by atoms with van der Waals surface area (Å²) in [7, 11) is 0. The molecular weight excluding hydrogens is 344 g/mol. The molecule has 0 saturated heterocycles. The minimum Gasteiger partial charge on any atom is -0.385 e. The highest BCUT2D eigenvalue weighted by molar-refractivity contribution is 6.26. The van der Waals surface area contributed by atoms with E-state index in [9.17, 15) is 9.59 Å². The smallest absolute Gasteiger partial charge is 0.261 e. The van der Waals surface area contributed by atoms with Gasteiger partial charge in [-0.2, -0.15) is 0 Å². The van der Waals surface area contributed by atoms with E-state index in [1.165, 1.54) is 19.3 Å². The number of carbonyl (C=O) groups is 2. The lowest BCUT2D eigenvalue weighted by Gasteiger charge is -2.28. The largest absolute Gasteiger partial charge is 0.385 e. The lowest BCUT2D eigenvalue weighted by molar-refractivity contribution is -0.0478. The number of aliphatic hydroxyl groups excluding tert-OH is 1. The molecule has 0 bridgehead atoms. The molecule has 27 heavy (non-hydrogen) atoms. The predicted molar refractivity (Wildman–Crippen MR) is 105 cm³/mol. The van der Waals surface area contributed by atoms with Crippen molar-refractivity contribution in [2.45, 2.75) is 45.3 Å². The van der Waals surface area contributed by atoms with Crippen LogP contribution in [0.3, 0.4) is 0 Å². The second kappa shape index (κ2) is 8.50. The van der Waals surface area contributed by atoms with Crippen molar-refractivity contribution in [1.29, 1.82) is 0 Å². The van der Waals surface area contributed by atoms with Gasteiger partial charge in [0.05, 0.1) is 0 Å². The fourth-order valence-electron chi connectivity index (χ4n) is 3.52. The van der Waals surface area contributed by atoms with Crippen LogP contribution in [-0.4, -0.2) is 46.3 Å². The van der Waals surface area contributed by atoms with Crippen LogP contribution < -0.4 is 5.32 Å². The normalized spacial score (nSPS) is 13.7. The van der Waals surface area contributed by atoms with E-state index in [2.05, 4.69) is 12.2 Å². The number of hydrogen-bond acceptors (Lipinski definition) is 5. The maximum absolute atomic E-state index is 12.8. The maximum Gasteiger partial charge on any atom is 0.261 e. The fraction of sp³-hybridized carbons (Fsp3) is 0.429. The third kappa shape index (κ3) is 3.96. The average Bonchev–Trinajstić information content (AvgIpc) is 2.66. The maximum atomic E-state index is 12.8. The van der Waals surface area contributed by atoms with Crippen molar-refractivity contribution >= 4 is 28.3 Å². The Morgan fingerprint density at radius 1 is 1.00 bits per heavy atom. The van der Waals surface area contributed by atoms with Crippen LogP contribution in [0.25, 0.3) is 10.8 Å².